The van der Waals surface area contributed by atoms with Gasteiger partial charge in [0.05, 0.1) is 11.2 Å². The zero-order valence-electron chi connectivity index (χ0n) is 12.2. The number of likely N-dealkylation sites (N-methyl/N-ethyl adjacent to an activating group) is 1. The fraction of sp³-hybridized carbons (Fsp3) is 0.533. The topological polar surface area (TPSA) is 58.4 Å². The van der Waals surface area contributed by atoms with Crippen LogP contribution in [0, 0.1) is 11.6 Å². The molecule has 0 saturated heterocycles. The van der Waals surface area contributed by atoms with Crippen LogP contribution >= 0.6 is 0 Å². The second-order valence-corrected chi connectivity index (χ2v) is 5.43. The SMILES string of the molecule is CCN(C(=O)Nc1ccc(F)cc1F)C1(CN)CCCC1. The van der Waals surface area contributed by atoms with Crippen LogP contribution in [-0.4, -0.2) is 29.6 Å². The number of amides is 2. The van der Waals surface area contributed by atoms with E-state index in [0.29, 0.717) is 13.1 Å². The van der Waals surface area contributed by atoms with Crippen molar-refractivity contribution < 1.29 is 13.6 Å². The number of carbonyl (C=O) groups is 1. The van der Waals surface area contributed by atoms with Gasteiger partial charge in [-0.25, -0.2) is 13.6 Å². The number of urea groups is 1. The van der Waals surface area contributed by atoms with Crippen molar-refractivity contribution in [2.24, 2.45) is 5.73 Å². The van der Waals surface area contributed by atoms with Crippen LogP contribution in [-0.2, 0) is 0 Å². The molecule has 1 aromatic carbocycles. The van der Waals surface area contributed by atoms with Gasteiger partial charge in [0.15, 0.2) is 0 Å². The molecule has 2 rings (SSSR count). The van der Waals surface area contributed by atoms with Crippen LogP contribution < -0.4 is 11.1 Å². The van der Waals surface area contributed by atoms with Crippen LogP contribution in [0.3, 0.4) is 0 Å². The monoisotopic (exact) mass is 297 g/mol. The Kier molecular flexibility index (Phi) is 4.77. The van der Waals surface area contributed by atoms with E-state index < -0.39 is 17.7 Å². The summed E-state index contributed by atoms with van der Waals surface area (Å²) in [5, 5.41) is 2.51. The number of nitrogens with two attached hydrogens (primary N) is 1. The highest BCUT2D eigenvalue weighted by Gasteiger charge is 2.40. The van der Waals surface area contributed by atoms with Crippen molar-refractivity contribution in [3.63, 3.8) is 0 Å². The summed E-state index contributed by atoms with van der Waals surface area (Å²) in [6.45, 7) is 2.75. The summed E-state index contributed by atoms with van der Waals surface area (Å²) in [5.74, 6) is -1.46. The zero-order valence-corrected chi connectivity index (χ0v) is 12.2. The van der Waals surface area contributed by atoms with Gasteiger partial charge in [0, 0.05) is 19.2 Å². The standard InChI is InChI=1S/C15H21F2N3O/c1-2-20(15(10-18)7-3-4-8-15)14(21)19-13-6-5-11(16)9-12(13)17/h5-6,9H,2-4,7-8,10,18H2,1H3,(H,19,21). The summed E-state index contributed by atoms with van der Waals surface area (Å²) < 4.78 is 26.5. The summed E-state index contributed by atoms with van der Waals surface area (Å²) in [5.41, 5.74) is 5.51. The zero-order chi connectivity index (χ0) is 15.5. The van der Waals surface area contributed by atoms with Crippen molar-refractivity contribution in [1.29, 1.82) is 0 Å². The van der Waals surface area contributed by atoms with Gasteiger partial charge in [-0.05, 0) is 31.9 Å². The Morgan fingerprint density at radius 1 is 1.38 bits per heavy atom. The maximum atomic E-state index is 13.6. The van der Waals surface area contributed by atoms with Gasteiger partial charge in [0.1, 0.15) is 11.6 Å². The van der Waals surface area contributed by atoms with Gasteiger partial charge in [0.2, 0.25) is 0 Å². The Balaban J connectivity index is 2.17. The molecule has 1 aliphatic carbocycles. The van der Waals surface area contributed by atoms with E-state index in [1.54, 1.807) is 4.90 Å². The molecular formula is C15H21F2N3O. The Bertz CT molecular complexity index is 516. The number of anilines is 1. The maximum absolute atomic E-state index is 13.6. The first-order valence-electron chi connectivity index (χ1n) is 7.26. The third-order valence-corrected chi connectivity index (χ3v) is 4.22. The minimum atomic E-state index is -0.785. The number of nitrogens with one attached hydrogen (secondary N) is 1. The van der Waals surface area contributed by atoms with E-state index in [9.17, 15) is 13.6 Å². The van der Waals surface area contributed by atoms with Crippen LogP contribution in [0.5, 0.6) is 0 Å². The van der Waals surface area contributed by atoms with Crippen molar-refractivity contribution in [1.82, 2.24) is 4.90 Å². The highest BCUT2D eigenvalue weighted by Crippen LogP contribution is 2.34. The Labute approximate surface area is 123 Å². The fourth-order valence-electron chi connectivity index (χ4n) is 3.09. The van der Waals surface area contributed by atoms with Crippen LogP contribution in [0.25, 0.3) is 0 Å². The van der Waals surface area contributed by atoms with Gasteiger partial charge in [-0.15, -0.1) is 0 Å². The van der Waals surface area contributed by atoms with E-state index in [-0.39, 0.29) is 11.2 Å². The number of hydrogen-bond donors (Lipinski definition) is 2. The van der Waals surface area contributed by atoms with Crippen LogP contribution in [0.1, 0.15) is 32.6 Å². The first kappa shape index (κ1) is 15.7. The molecule has 3 N–H and O–H groups in total. The molecule has 1 aliphatic rings. The van der Waals surface area contributed by atoms with Crippen molar-refractivity contribution >= 4 is 11.7 Å². The predicted octanol–water partition coefficient (Wildman–Crippen LogP) is 3.09. The summed E-state index contributed by atoms with van der Waals surface area (Å²) in [6.07, 6.45) is 3.78. The molecule has 4 nitrogen and oxygen atoms in total. The molecule has 21 heavy (non-hydrogen) atoms. The lowest BCUT2D eigenvalue weighted by Gasteiger charge is -2.40. The smallest absolute Gasteiger partial charge is 0.322 e. The average Bonchev–Trinajstić information content (AvgIpc) is 2.93. The maximum Gasteiger partial charge on any atom is 0.322 e. The summed E-state index contributed by atoms with van der Waals surface area (Å²) in [7, 11) is 0. The summed E-state index contributed by atoms with van der Waals surface area (Å²) >= 11 is 0. The highest BCUT2D eigenvalue weighted by molar-refractivity contribution is 5.90. The van der Waals surface area contributed by atoms with Crippen molar-refractivity contribution in [2.45, 2.75) is 38.1 Å². The van der Waals surface area contributed by atoms with E-state index in [1.807, 2.05) is 6.92 Å². The molecule has 116 valence electrons. The number of halogens is 2. The quantitative estimate of drug-likeness (QED) is 0.897. The van der Waals surface area contributed by atoms with E-state index >= 15 is 0 Å². The lowest BCUT2D eigenvalue weighted by molar-refractivity contribution is 0.134. The van der Waals surface area contributed by atoms with Crippen LogP contribution in [0.15, 0.2) is 18.2 Å². The van der Waals surface area contributed by atoms with Gasteiger partial charge in [-0.3, -0.25) is 0 Å². The molecule has 0 aromatic heterocycles. The molecule has 0 heterocycles. The molecular weight excluding hydrogens is 276 g/mol. The number of nitrogens with zero attached hydrogens (tertiary/aromatic N) is 1. The highest BCUT2D eigenvalue weighted by atomic mass is 19.1. The van der Waals surface area contributed by atoms with Gasteiger partial charge in [-0.2, -0.15) is 0 Å². The van der Waals surface area contributed by atoms with E-state index in [1.165, 1.54) is 6.07 Å². The minimum Gasteiger partial charge on any atom is -0.328 e. The van der Waals surface area contributed by atoms with Gasteiger partial charge < -0.3 is 16.0 Å². The molecule has 1 saturated carbocycles. The largest absolute Gasteiger partial charge is 0.328 e. The number of carbonyl (C=O) groups excluding carboxylic acids is 1. The van der Waals surface area contributed by atoms with Crippen LogP contribution in [0.2, 0.25) is 0 Å². The molecule has 1 fully saturated rings. The fourth-order valence-corrected chi connectivity index (χ4v) is 3.09. The third kappa shape index (κ3) is 3.15. The van der Waals surface area contributed by atoms with Crippen molar-refractivity contribution in [3.05, 3.63) is 29.8 Å². The number of hydrogen-bond acceptors (Lipinski definition) is 2. The normalized spacial score (nSPS) is 16.8. The molecule has 0 spiro atoms. The van der Waals surface area contributed by atoms with Gasteiger partial charge in [-0.1, -0.05) is 12.8 Å². The Morgan fingerprint density at radius 2 is 2.05 bits per heavy atom. The molecule has 0 aliphatic heterocycles. The predicted molar refractivity (Wildman–Crippen MR) is 78.0 cm³/mol. The van der Waals surface area contributed by atoms with E-state index in [2.05, 4.69) is 5.32 Å². The summed E-state index contributed by atoms with van der Waals surface area (Å²) in [4.78, 5) is 14.1. The average molecular weight is 297 g/mol. The van der Waals surface area contributed by atoms with Gasteiger partial charge in [0.25, 0.3) is 0 Å². The van der Waals surface area contributed by atoms with E-state index in [0.717, 1.165) is 37.8 Å². The first-order chi connectivity index (χ1) is 10.0. The molecule has 1 aromatic rings. The summed E-state index contributed by atoms with van der Waals surface area (Å²) in [6, 6.07) is 2.69. The lowest BCUT2D eigenvalue weighted by Crippen LogP contribution is -2.55. The minimum absolute atomic E-state index is 0.0231. The molecule has 0 radical (unpaired) electrons. The third-order valence-electron chi connectivity index (χ3n) is 4.22. The number of rotatable bonds is 4. The Morgan fingerprint density at radius 3 is 2.57 bits per heavy atom. The van der Waals surface area contributed by atoms with Crippen LogP contribution in [0.4, 0.5) is 19.3 Å². The lowest BCUT2D eigenvalue weighted by atomic mass is 9.95. The van der Waals surface area contributed by atoms with Crippen molar-refractivity contribution in [2.75, 3.05) is 18.4 Å². The molecule has 6 heteroatoms. The first-order valence-corrected chi connectivity index (χ1v) is 7.26. The second-order valence-electron chi connectivity index (χ2n) is 5.43. The Hall–Kier alpha value is -1.69. The molecule has 2 amide bonds. The second kappa shape index (κ2) is 6.39. The van der Waals surface area contributed by atoms with E-state index in [4.69, 9.17) is 5.73 Å². The molecule has 0 atom stereocenters. The molecule has 0 bridgehead atoms. The number of benzene rings is 1. The molecule has 0 unspecified atom stereocenters. The van der Waals surface area contributed by atoms with Gasteiger partial charge >= 0.3 is 6.03 Å². The van der Waals surface area contributed by atoms with Crippen molar-refractivity contribution in [3.8, 4) is 0 Å².